The van der Waals surface area contributed by atoms with E-state index in [1.807, 2.05) is 31.2 Å². The Morgan fingerprint density at radius 3 is 2.54 bits per heavy atom. The standard InChI is InChI=1S/C26H28N4O5/c1-4-30-15-22(24(29-30)26(32)27-14-20-6-5-13-33-20)28-25(31)23-12-11-21(35-23)16-34-19-9-7-18(8-10-19)17(2)3/h5-13,15,17H,4,14,16H2,1-3H3,(H,27,32)(H,28,31). The van der Waals surface area contributed by atoms with Gasteiger partial charge in [-0.15, -0.1) is 0 Å². The number of hydrogen-bond acceptors (Lipinski definition) is 6. The van der Waals surface area contributed by atoms with Crippen molar-refractivity contribution in [2.75, 3.05) is 5.32 Å². The number of anilines is 1. The average Bonchev–Trinajstić information content (AvgIpc) is 3.62. The smallest absolute Gasteiger partial charge is 0.291 e. The molecule has 0 aliphatic rings. The molecule has 4 aromatic rings. The van der Waals surface area contributed by atoms with E-state index in [1.54, 1.807) is 35.1 Å². The Labute approximate surface area is 203 Å². The van der Waals surface area contributed by atoms with Crippen LogP contribution in [0.4, 0.5) is 5.69 Å². The maximum Gasteiger partial charge on any atom is 0.291 e. The summed E-state index contributed by atoms with van der Waals surface area (Å²) >= 11 is 0. The molecule has 9 nitrogen and oxygen atoms in total. The van der Waals surface area contributed by atoms with Gasteiger partial charge in [0.15, 0.2) is 11.5 Å². The summed E-state index contributed by atoms with van der Waals surface area (Å²) in [4.78, 5) is 25.5. The second-order valence-electron chi connectivity index (χ2n) is 8.24. The van der Waals surface area contributed by atoms with Gasteiger partial charge in [-0.2, -0.15) is 5.10 Å². The van der Waals surface area contributed by atoms with Crippen molar-refractivity contribution in [3.63, 3.8) is 0 Å². The summed E-state index contributed by atoms with van der Waals surface area (Å²) < 4.78 is 18.2. The van der Waals surface area contributed by atoms with Crippen molar-refractivity contribution in [2.45, 2.75) is 46.4 Å². The summed E-state index contributed by atoms with van der Waals surface area (Å²) in [5.41, 5.74) is 1.62. The largest absolute Gasteiger partial charge is 0.486 e. The molecule has 1 aromatic carbocycles. The molecule has 0 unspecified atom stereocenters. The number of nitrogens with one attached hydrogen (secondary N) is 2. The van der Waals surface area contributed by atoms with Gasteiger partial charge in [-0.1, -0.05) is 26.0 Å². The van der Waals surface area contributed by atoms with E-state index in [4.69, 9.17) is 13.6 Å². The zero-order valence-corrected chi connectivity index (χ0v) is 19.9. The van der Waals surface area contributed by atoms with Crippen LogP contribution >= 0.6 is 0 Å². The Bertz CT molecular complexity index is 1270. The van der Waals surface area contributed by atoms with Gasteiger partial charge >= 0.3 is 0 Å². The molecule has 3 heterocycles. The van der Waals surface area contributed by atoms with Gasteiger partial charge in [-0.25, -0.2) is 0 Å². The van der Waals surface area contributed by atoms with Crippen molar-refractivity contribution in [2.24, 2.45) is 0 Å². The van der Waals surface area contributed by atoms with E-state index in [2.05, 4.69) is 29.6 Å². The lowest BCUT2D eigenvalue weighted by Crippen LogP contribution is -2.25. The van der Waals surface area contributed by atoms with Crippen molar-refractivity contribution in [3.05, 3.63) is 89.5 Å². The molecular formula is C26H28N4O5. The van der Waals surface area contributed by atoms with Gasteiger partial charge in [0.25, 0.3) is 11.8 Å². The molecule has 0 atom stereocenters. The van der Waals surface area contributed by atoms with E-state index in [0.717, 1.165) is 0 Å². The summed E-state index contributed by atoms with van der Waals surface area (Å²) in [7, 11) is 0. The molecule has 2 N–H and O–H groups in total. The van der Waals surface area contributed by atoms with E-state index in [-0.39, 0.29) is 30.3 Å². The number of nitrogens with zero attached hydrogens (tertiary/aromatic N) is 2. The summed E-state index contributed by atoms with van der Waals surface area (Å²) in [6.45, 7) is 7.08. The number of aromatic nitrogens is 2. The Morgan fingerprint density at radius 1 is 1.06 bits per heavy atom. The van der Waals surface area contributed by atoms with Crippen LogP contribution in [0, 0.1) is 0 Å². The number of amides is 2. The van der Waals surface area contributed by atoms with E-state index in [9.17, 15) is 9.59 Å². The summed E-state index contributed by atoms with van der Waals surface area (Å²) in [5, 5.41) is 9.73. The minimum absolute atomic E-state index is 0.102. The molecule has 0 aliphatic carbocycles. The molecule has 0 saturated heterocycles. The first kappa shape index (κ1) is 23.9. The van der Waals surface area contributed by atoms with Crippen LogP contribution in [0.5, 0.6) is 5.75 Å². The van der Waals surface area contributed by atoms with Gasteiger partial charge in [-0.05, 0) is 54.8 Å². The van der Waals surface area contributed by atoms with Crippen LogP contribution in [0.15, 0.2) is 69.8 Å². The van der Waals surface area contributed by atoms with E-state index >= 15 is 0 Å². The first-order valence-corrected chi connectivity index (χ1v) is 11.4. The second-order valence-corrected chi connectivity index (χ2v) is 8.24. The molecule has 9 heteroatoms. The number of hydrogen-bond donors (Lipinski definition) is 2. The van der Waals surface area contributed by atoms with Crippen LogP contribution in [-0.4, -0.2) is 21.6 Å². The lowest BCUT2D eigenvalue weighted by molar-refractivity contribution is 0.0943. The van der Waals surface area contributed by atoms with Crippen molar-refractivity contribution in [3.8, 4) is 5.75 Å². The van der Waals surface area contributed by atoms with Gasteiger partial charge in [0.05, 0.1) is 18.5 Å². The van der Waals surface area contributed by atoms with E-state index in [1.165, 1.54) is 11.8 Å². The van der Waals surface area contributed by atoms with Crippen LogP contribution in [0.2, 0.25) is 0 Å². The highest BCUT2D eigenvalue weighted by Crippen LogP contribution is 2.21. The predicted molar refractivity (Wildman–Crippen MR) is 129 cm³/mol. The fraction of sp³-hybridized carbons (Fsp3) is 0.269. The highest BCUT2D eigenvalue weighted by atomic mass is 16.5. The van der Waals surface area contributed by atoms with Gasteiger partial charge in [0.2, 0.25) is 0 Å². The molecule has 0 bridgehead atoms. The molecule has 0 saturated carbocycles. The van der Waals surface area contributed by atoms with Crippen molar-refractivity contribution < 1.29 is 23.2 Å². The number of rotatable bonds is 10. The zero-order valence-electron chi connectivity index (χ0n) is 19.9. The molecule has 182 valence electrons. The van der Waals surface area contributed by atoms with Crippen molar-refractivity contribution in [1.82, 2.24) is 15.1 Å². The fourth-order valence-corrected chi connectivity index (χ4v) is 3.37. The van der Waals surface area contributed by atoms with Crippen LogP contribution in [0.3, 0.4) is 0 Å². The minimum Gasteiger partial charge on any atom is -0.486 e. The van der Waals surface area contributed by atoms with Gasteiger partial charge in [0.1, 0.15) is 23.9 Å². The van der Waals surface area contributed by atoms with Crippen LogP contribution < -0.4 is 15.4 Å². The predicted octanol–water partition coefficient (Wildman–Crippen LogP) is 4.97. The zero-order chi connectivity index (χ0) is 24.8. The number of furan rings is 2. The Kier molecular flexibility index (Phi) is 7.35. The molecule has 0 spiro atoms. The molecule has 0 radical (unpaired) electrons. The lowest BCUT2D eigenvalue weighted by atomic mass is 10.0. The van der Waals surface area contributed by atoms with E-state index in [0.29, 0.717) is 29.7 Å². The maximum atomic E-state index is 12.8. The molecule has 35 heavy (non-hydrogen) atoms. The minimum atomic E-state index is -0.492. The Morgan fingerprint density at radius 2 is 1.86 bits per heavy atom. The highest BCUT2D eigenvalue weighted by Gasteiger charge is 2.21. The van der Waals surface area contributed by atoms with Crippen LogP contribution in [0.1, 0.15) is 64.8 Å². The SMILES string of the molecule is CCn1cc(NC(=O)c2ccc(COc3ccc(C(C)C)cc3)o2)c(C(=O)NCc2ccco2)n1. The number of aryl methyl sites for hydroxylation is 1. The molecular weight excluding hydrogens is 448 g/mol. The number of ether oxygens (including phenoxy) is 1. The second kappa shape index (κ2) is 10.8. The first-order valence-electron chi connectivity index (χ1n) is 11.4. The van der Waals surface area contributed by atoms with Gasteiger partial charge in [0, 0.05) is 12.7 Å². The summed E-state index contributed by atoms with van der Waals surface area (Å²) in [6.07, 6.45) is 3.14. The quantitative estimate of drug-likeness (QED) is 0.334. The Hall–Kier alpha value is -4.27. The normalized spacial score (nSPS) is 11.0. The fourth-order valence-electron chi connectivity index (χ4n) is 3.37. The maximum absolute atomic E-state index is 12.8. The molecule has 0 aliphatic heterocycles. The third-order valence-corrected chi connectivity index (χ3v) is 5.37. The van der Waals surface area contributed by atoms with Gasteiger partial charge < -0.3 is 24.2 Å². The Balaban J connectivity index is 1.38. The lowest BCUT2D eigenvalue weighted by Gasteiger charge is -2.08. The molecule has 0 fully saturated rings. The molecule has 4 rings (SSSR count). The monoisotopic (exact) mass is 476 g/mol. The third-order valence-electron chi connectivity index (χ3n) is 5.37. The van der Waals surface area contributed by atoms with Crippen LogP contribution in [0.25, 0.3) is 0 Å². The first-order chi connectivity index (χ1) is 16.9. The third kappa shape index (κ3) is 6.00. The highest BCUT2D eigenvalue weighted by molar-refractivity contribution is 6.07. The average molecular weight is 477 g/mol. The number of carbonyl (C=O) groups is 2. The van der Waals surface area contributed by atoms with Crippen molar-refractivity contribution in [1.29, 1.82) is 0 Å². The summed E-state index contributed by atoms with van der Waals surface area (Å²) in [6, 6.07) is 14.6. The number of carbonyl (C=O) groups excluding carboxylic acids is 2. The molecule has 3 aromatic heterocycles. The topological polar surface area (TPSA) is 112 Å². The van der Waals surface area contributed by atoms with Crippen molar-refractivity contribution >= 4 is 17.5 Å². The van der Waals surface area contributed by atoms with Crippen LogP contribution in [-0.2, 0) is 19.7 Å². The van der Waals surface area contributed by atoms with E-state index < -0.39 is 11.8 Å². The number of benzene rings is 1. The van der Waals surface area contributed by atoms with Gasteiger partial charge in [-0.3, -0.25) is 14.3 Å². The summed E-state index contributed by atoms with van der Waals surface area (Å²) in [5.74, 6) is 1.46. The molecule has 2 amide bonds.